The number of nitrogens with zero attached hydrogens (tertiary/aromatic N) is 1. The van der Waals surface area contributed by atoms with E-state index in [1.807, 2.05) is 19.1 Å². The highest BCUT2D eigenvalue weighted by atomic mass is 79.9. The maximum atomic E-state index is 13.4. The minimum absolute atomic E-state index is 0.00461. The fraction of sp³-hybridized carbons (Fsp3) is 0.0870. The van der Waals surface area contributed by atoms with E-state index in [9.17, 15) is 8.42 Å². The van der Waals surface area contributed by atoms with Crippen molar-refractivity contribution in [2.75, 3.05) is 7.11 Å². The molecule has 0 aliphatic carbocycles. The molecule has 0 bridgehead atoms. The lowest BCUT2D eigenvalue weighted by molar-refractivity contribution is 0.404. The summed E-state index contributed by atoms with van der Waals surface area (Å²) in [5, 5.41) is 0.606. The van der Waals surface area contributed by atoms with Gasteiger partial charge in [0.2, 0.25) is 15.4 Å². The van der Waals surface area contributed by atoms with Crippen molar-refractivity contribution in [1.29, 1.82) is 0 Å². The van der Waals surface area contributed by atoms with Gasteiger partial charge in [0.05, 0.1) is 17.7 Å². The zero-order chi connectivity index (χ0) is 21.3. The summed E-state index contributed by atoms with van der Waals surface area (Å²) in [6, 6.07) is 20.8. The number of aryl methyl sites for hydroxylation is 1. The first-order chi connectivity index (χ1) is 14.4. The second-order valence-corrected chi connectivity index (χ2v) is 9.53. The van der Waals surface area contributed by atoms with E-state index in [2.05, 4.69) is 20.9 Å². The first-order valence-corrected chi connectivity index (χ1v) is 11.4. The van der Waals surface area contributed by atoms with Crippen molar-refractivity contribution < 1.29 is 17.6 Å². The molecule has 0 spiro atoms. The fourth-order valence-corrected chi connectivity index (χ4v) is 4.63. The van der Waals surface area contributed by atoms with Crippen LogP contribution in [0.25, 0.3) is 11.0 Å². The summed E-state index contributed by atoms with van der Waals surface area (Å²) in [5.41, 5.74) is 1.96. The Labute approximate surface area is 182 Å². The van der Waals surface area contributed by atoms with Crippen molar-refractivity contribution >= 4 is 42.4 Å². The van der Waals surface area contributed by atoms with E-state index < -0.39 is 9.84 Å². The van der Waals surface area contributed by atoms with Gasteiger partial charge in [0.1, 0.15) is 4.90 Å². The van der Waals surface area contributed by atoms with Crippen molar-refractivity contribution in [2.24, 2.45) is 4.99 Å². The van der Waals surface area contributed by atoms with Gasteiger partial charge in [0.25, 0.3) is 0 Å². The van der Waals surface area contributed by atoms with Gasteiger partial charge in [-0.15, -0.1) is 0 Å². The van der Waals surface area contributed by atoms with Crippen LogP contribution >= 0.6 is 15.9 Å². The van der Waals surface area contributed by atoms with Gasteiger partial charge in [-0.05, 0) is 55.5 Å². The van der Waals surface area contributed by atoms with Gasteiger partial charge in [-0.2, -0.15) is 0 Å². The van der Waals surface area contributed by atoms with Crippen molar-refractivity contribution in [2.45, 2.75) is 16.7 Å². The summed E-state index contributed by atoms with van der Waals surface area (Å²) in [4.78, 5) is 4.67. The molecule has 1 aromatic heterocycles. The molecule has 0 atom stereocenters. The Bertz CT molecular complexity index is 1390. The minimum atomic E-state index is -3.86. The lowest BCUT2D eigenvalue weighted by Crippen LogP contribution is -2.16. The molecule has 3 aromatic carbocycles. The second-order valence-electron chi connectivity index (χ2n) is 6.70. The van der Waals surface area contributed by atoms with Crippen molar-refractivity contribution in [3.05, 3.63) is 88.4 Å². The monoisotopic (exact) mass is 483 g/mol. The van der Waals surface area contributed by atoms with E-state index in [0.29, 0.717) is 22.4 Å². The maximum absolute atomic E-state index is 13.4. The number of fused-ring (bicyclic) bond motifs is 1. The Morgan fingerprint density at radius 2 is 1.67 bits per heavy atom. The highest BCUT2D eigenvalue weighted by molar-refractivity contribution is 9.10. The highest BCUT2D eigenvalue weighted by Gasteiger charge is 2.23. The predicted molar refractivity (Wildman–Crippen MR) is 119 cm³/mol. The summed E-state index contributed by atoms with van der Waals surface area (Å²) >= 11 is 3.39. The van der Waals surface area contributed by atoms with E-state index in [4.69, 9.17) is 9.15 Å². The average molecular weight is 484 g/mol. The van der Waals surface area contributed by atoms with E-state index in [0.717, 1.165) is 10.0 Å². The molecular weight excluding hydrogens is 466 g/mol. The van der Waals surface area contributed by atoms with Crippen LogP contribution in [0, 0.1) is 6.92 Å². The quantitative estimate of drug-likeness (QED) is 0.380. The molecule has 4 rings (SSSR count). The molecule has 4 aromatic rings. The standard InChI is InChI=1S/C23H18BrNO4S/c1-15-6-12-19(13-7-15)30(26,27)21-14-16-4-3-5-20(28-2)22(16)29-23(21)25-18-10-8-17(24)9-11-18/h3-14H,1-2H3. The Balaban J connectivity index is 2.04. The number of para-hydroxylation sites is 1. The normalized spacial score (nSPS) is 12.3. The highest BCUT2D eigenvalue weighted by Crippen LogP contribution is 2.28. The summed E-state index contributed by atoms with van der Waals surface area (Å²) in [6.07, 6.45) is 0. The molecule has 0 amide bonds. The average Bonchev–Trinajstić information content (AvgIpc) is 2.74. The molecule has 0 saturated heterocycles. The van der Waals surface area contributed by atoms with Crippen LogP contribution in [0.1, 0.15) is 5.56 Å². The number of halogens is 1. The van der Waals surface area contributed by atoms with Gasteiger partial charge in [0.15, 0.2) is 11.3 Å². The summed E-state index contributed by atoms with van der Waals surface area (Å²) < 4.78 is 39.2. The number of benzene rings is 3. The molecular formula is C23H18BrNO4S. The molecule has 0 radical (unpaired) electrons. The molecule has 0 saturated carbocycles. The van der Waals surface area contributed by atoms with Crippen LogP contribution in [0.2, 0.25) is 0 Å². The Morgan fingerprint density at radius 1 is 0.967 bits per heavy atom. The number of ether oxygens (including phenoxy) is 1. The SMILES string of the molecule is COc1cccc2cc(S(=O)(=O)c3ccc(C)cc3)c(=Nc3ccc(Br)cc3)oc12. The van der Waals surface area contributed by atoms with Crippen molar-refractivity contribution in [3.8, 4) is 5.75 Å². The predicted octanol–water partition coefficient (Wildman–Crippen LogP) is 5.58. The van der Waals surface area contributed by atoms with Crippen LogP contribution in [0.15, 0.2) is 96.5 Å². The largest absolute Gasteiger partial charge is 0.493 e. The third-order valence-electron chi connectivity index (χ3n) is 4.60. The van der Waals surface area contributed by atoms with Crippen LogP contribution in [0.4, 0.5) is 5.69 Å². The minimum Gasteiger partial charge on any atom is -0.493 e. The first-order valence-electron chi connectivity index (χ1n) is 9.11. The van der Waals surface area contributed by atoms with Crippen molar-refractivity contribution in [3.63, 3.8) is 0 Å². The van der Waals surface area contributed by atoms with Gasteiger partial charge >= 0.3 is 0 Å². The van der Waals surface area contributed by atoms with E-state index in [1.54, 1.807) is 60.7 Å². The smallest absolute Gasteiger partial charge is 0.239 e. The zero-order valence-corrected chi connectivity index (χ0v) is 18.7. The van der Waals surface area contributed by atoms with E-state index in [-0.39, 0.29) is 15.3 Å². The summed E-state index contributed by atoms with van der Waals surface area (Å²) in [5.74, 6) is 0.499. The summed E-state index contributed by atoms with van der Waals surface area (Å²) in [7, 11) is -2.33. The van der Waals surface area contributed by atoms with Crippen LogP contribution in [0.5, 0.6) is 5.75 Å². The Morgan fingerprint density at radius 3 is 2.33 bits per heavy atom. The molecule has 1 heterocycles. The first kappa shape index (κ1) is 20.4. The number of sulfone groups is 1. The lowest BCUT2D eigenvalue weighted by atomic mass is 10.2. The molecule has 7 heteroatoms. The van der Waals surface area contributed by atoms with Crippen molar-refractivity contribution in [1.82, 2.24) is 0 Å². The van der Waals surface area contributed by atoms with Crippen LogP contribution in [-0.4, -0.2) is 15.5 Å². The second kappa shape index (κ2) is 8.08. The van der Waals surface area contributed by atoms with Crippen LogP contribution in [-0.2, 0) is 9.84 Å². The van der Waals surface area contributed by atoms with Gasteiger partial charge in [-0.25, -0.2) is 13.4 Å². The van der Waals surface area contributed by atoms with Gasteiger partial charge in [-0.1, -0.05) is 45.8 Å². The van der Waals surface area contributed by atoms with E-state index in [1.165, 1.54) is 7.11 Å². The molecule has 0 unspecified atom stereocenters. The number of hydrogen-bond donors (Lipinski definition) is 0. The Hall–Kier alpha value is -2.90. The molecule has 152 valence electrons. The molecule has 30 heavy (non-hydrogen) atoms. The van der Waals surface area contributed by atoms with Gasteiger partial charge in [0, 0.05) is 9.86 Å². The van der Waals surface area contributed by atoms with E-state index >= 15 is 0 Å². The van der Waals surface area contributed by atoms with Crippen LogP contribution in [0.3, 0.4) is 0 Å². The van der Waals surface area contributed by atoms with Gasteiger partial charge in [-0.3, -0.25) is 0 Å². The molecule has 0 N–H and O–H groups in total. The van der Waals surface area contributed by atoms with Gasteiger partial charge < -0.3 is 9.15 Å². The molecule has 0 aliphatic rings. The Kier molecular flexibility index (Phi) is 5.49. The third kappa shape index (κ3) is 3.91. The molecule has 5 nitrogen and oxygen atoms in total. The topological polar surface area (TPSA) is 68.9 Å². The fourth-order valence-electron chi connectivity index (χ4n) is 3.01. The lowest BCUT2D eigenvalue weighted by Gasteiger charge is -2.09. The number of hydrogen-bond acceptors (Lipinski definition) is 5. The number of methoxy groups -OCH3 is 1. The third-order valence-corrected chi connectivity index (χ3v) is 6.90. The van der Waals surface area contributed by atoms with Crippen LogP contribution < -0.4 is 10.3 Å². The summed E-state index contributed by atoms with van der Waals surface area (Å²) in [6.45, 7) is 1.91. The maximum Gasteiger partial charge on any atom is 0.239 e. The number of rotatable bonds is 4. The zero-order valence-electron chi connectivity index (χ0n) is 16.3. The molecule has 0 aliphatic heterocycles. The molecule has 0 fully saturated rings.